The van der Waals surface area contributed by atoms with E-state index >= 15 is 0 Å². The van der Waals surface area contributed by atoms with Crippen molar-refractivity contribution in [2.75, 3.05) is 0 Å². The Labute approximate surface area is 108 Å². The van der Waals surface area contributed by atoms with Gasteiger partial charge in [-0.05, 0) is 67.1 Å². The van der Waals surface area contributed by atoms with Crippen LogP contribution in [0.15, 0.2) is 0 Å². The van der Waals surface area contributed by atoms with Gasteiger partial charge in [0.2, 0.25) is 0 Å². The highest BCUT2D eigenvalue weighted by Crippen LogP contribution is 2.57. The van der Waals surface area contributed by atoms with E-state index in [9.17, 15) is 4.21 Å². The van der Waals surface area contributed by atoms with Crippen LogP contribution in [0.3, 0.4) is 0 Å². The van der Waals surface area contributed by atoms with Gasteiger partial charge >= 0.3 is 0 Å². The molecule has 4 rings (SSSR count). The van der Waals surface area contributed by atoms with Crippen LogP contribution in [0.1, 0.15) is 52.9 Å². The van der Waals surface area contributed by atoms with E-state index in [2.05, 4.69) is 20.8 Å². The lowest BCUT2D eigenvalue weighted by Crippen LogP contribution is -2.50. The molecule has 0 atom stereocenters. The number of rotatable bonds is 1. The highest BCUT2D eigenvalue weighted by Gasteiger charge is 2.51. The molecular weight excluding hydrogens is 228 g/mol. The molecule has 1 nitrogen and oxygen atoms in total. The zero-order valence-electron chi connectivity index (χ0n) is 11.2. The summed E-state index contributed by atoms with van der Waals surface area (Å²) in [5.41, 5.74) is 0.0897. The molecule has 0 heterocycles. The van der Waals surface area contributed by atoms with Crippen molar-refractivity contribution in [3.05, 3.63) is 0 Å². The molecular formula is C15H24OS. The Bertz CT molecular complexity index is 345. The molecule has 4 fully saturated rings. The summed E-state index contributed by atoms with van der Waals surface area (Å²) in [6.07, 6.45) is 7.15. The molecule has 0 amide bonds. The maximum Gasteiger partial charge on any atom is 0.0884 e. The number of hydrogen-bond acceptors (Lipinski definition) is 1. The van der Waals surface area contributed by atoms with E-state index in [1.165, 1.54) is 37.0 Å². The van der Waals surface area contributed by atoms with Gasteiger partial charge in [-0.3, -0.25) is 0 Å². The van der Waals surface area contributed by atoms with Crippen molar-refractivity contribution < 1.29 is 4.21 Å². The third-order valence-corrected chi connectivity index (χ3v) is 6.42. The van der Waals surface area contributed by atoms with Gasteiger partial charge in [-0.2, -0.15) is 0 Å². The molecule has 4 aliphatic carbocycles. The van der Waals surface area contributed by atoms with E-state index in [1.54, 1.807) is 0 Å². The summed E-state index contributed by atoms with van der Waals surface area (Å²) in [6.45, 7) is 6.66. The van der Waals surface area contributed by atoms with Gasteiger partial charge in [-0.15, -0.1) is 0 Å². The van der Waals surface area contributed by atoms with Crippen LogP contribution in [0.2, 0.25) is 0 Å². The Balaban J connectivity index is 1.92. The lowest BCUT2D eigenvalue weighted by atomic mass is 9.50. The fraction of sp³-hybridized carbons (Fsp3) is 0.933. The molecule has 0 aliphatic heterocycles. The van der Waals surface area contributed by atoms with Gasteiger partial charge in [-0.1, -0.05) is 20.8 Å². The average molecular weight is 252 g/mol. The molecule has 0 aromatic heterocycles. The van der Waals surface area contributed by atoms with Crippen molar-refractivity contribution in [3.63, 3.8) is 0 Å². The minimum Gasteiger partial charge on any atom is -0.212 e. The highest BCUT2D eigenvalue weighted by atomic mass is 32.1. The summed E-state index contributed by atoms with van der Waals surface area (Å²) in [5, 5.41) is 0. The second-order valence-electron chi connectivity index (χ2n) is 7.65. The second kappa shape index (κ2) is 3.94. The molecule has 0 aromatic rings. The molecule has 0 aromatic carbocycles. The minimum absolute atomic E-state index is 0.0897. The van der Waals surface area contributed by atoms with Gasteiger partial charge in [0, 0.05) is 4.86 Å². The van der Waals surface area contributed by atoms with Crippen LogP contribution in [-0.2, 0) is 11.3 Å². The largest absolute Gasteiger partial charge is 0.212 e. The molecule has 17 heavy (non-hydrogen) atoms. The van der Waals surface area contributed by atoms with E-state index in [4.69, 9.17) is 0 Å². The van der Waals surface area contributed by atoms with E-state index < -0.39 is 0 Å². The van der Waals surface area contributed by atoms with Gasteiger partial charge < -0.3 is 0 Å². The maximum absolute atomic E-state index is 11.6. The van der Waals surface area contributed by atoms with Crippen molar-refractivity contribution in [1.82, 2.24) is 0 Å². The van der Waals surface area contributed by atoms with Gasteiger partial charge in [0.05, 0.1) is 11.3 Å². The van der Waals surface area contributed by atoms with E-state index in [0.29, 0.717) is 5.92 Å². The lowest BCUT2D eigenvalue weighted by Gasteiger charge is -2.55. The predicted molar refractivity (Wildman–Crippen MR) is 73.1 cm³/mol. The molecule has 0 N–H and O–H groups in total. The Morgan fingerprint density at radius 2 is 1.41 bits per heavy atom. The summed E-state index contributed by atoms with van der Waals surface area (Å²) in [6, 6.07) is 0. The van der Waals surface area contributed by atoms with E-state index in [0.717, 1.165) is 34.9 Å². The summed E-state index contributed by atoms with van der Waals surface area (Å²) < 4.78 is 11.6. The zero-order chi connectivity index (χ0) is 12.2. The smallest absolute Gasteiger partial charge is 0.0884 e. The zero-order valence-corrected chi connectivity index (χ0v) is 12.1. The van der Waals surface area contributed by atoms with Crippen LogP contribution >= 0.6 is 0 Å². The van der Waals surface area contributed by atoms with Crippen LogP contribution in [0, 0.1) is 35.0 Å². The standard InChI is InChI=1S/C15H24OS/c1-15(2,3)14(17-16)13-11-5-9-4-10(7-11)8-12(13)6-9/h9-13H,4-8H2,1-3H3. The van der Waals surface area contributed by atoms with E-state index in [1.807, 2.05) is 0 Å². The Morgan fingerprint density at radius 1 is 0.941 bits per heavy atom. The van der Waals surface area contributed by atoms with E-state index in [-0.39, 0.29) is 5.41 Å². The molecule has 96 valence electrons. The van der Waals surface area contributed by atoms with Crippen molar-refractivity contribution in [2.24, 2.45) is 35.0 Å². The number of hydrogen-bond donors (Lipinski definition) is 0. The molecule has 4 bridgehead atoms. The maximum atomic E-state index is 11.6. The van der Waals surface area contributed by atoms with Crippen molar-refractivity contribution in [1.29, 1.82) is 0 Å². The fourth-order valence-corrected chi connectivity index (χ4v) is 5.78. The SMILES string of the molecule is CC(C)(C)C(=S=O)C1C2CC3CC(C2)CC1C3. The normalized spacial score (nSPS) is 43.8. The first-order valence-electron chi connectivity index (χ1n) is 7.16. The minimum atomic E-state index is 0.0897. The van der Waals surface area contributed by atoms with Crippen molar-refractivity contribution >= 4 is 16.1 Å². The van der Waals surface area contributed by atoms with Crippen LogP contribution in [0.4, 0.5) is 0 Å². The molecule has 0 unspecified atom stereocenters. The third kappa shape index (κ3) is 1.93. The predicted octanol–water partition coefficient (Wildman–Crippen LogP) is 3.49. The van der Waals surface area contributed by atoms with Gasteiger partial charge in [0.15, 0.2) is 0 Å². The molecule has 0 radical (unpaired) electrons. The molecule has 4 saturated carbocycles. The van der Waals surface area contributed by atoms with Crippen molar-refractivity contribution in [3.8, 4) is 0 Å². The van der Waals surface area contributed by atoms with Crippen molar-refractivity contribution in [2.45, 2.75) is 52.9 Å². The highest BCUT2D eigenvalue weighted by molar-refractivity contribution is 7.66. The van der Waals surface area contributed by atoms with Crippen LogP contribution in [0.5, 0.6) is 0 Å². The summed E-state index contributed by atoms with van der Waals surface area (Å²) in [5.74, 6) is 4.35. The monoisotopic (exact) mass is 252 g/mol. The second-order valence-corrected chi connectivity index (χ2v) is 8.26. The van der Waals surface area contributed by atoms with Gasteiger partial charge in [0.25, 0.3) is 0 Å². The first-order chi connectivity index (χ1) is 7.99. The third-order valence-electron chi connectivity index (χ3n) is 5.36. The quantitative estimate of drug-likeness (QED) is 0.653. The van der Waals surface area contributed by atoms with Crippen LogP contribution in [-0.4, -0.2) is 9.07 Å². The molecule has 0 spiro atoms. The Kier molecular flexibility index (Phi) is 2.77. The Hall–Kier alpha value is -0.110. The fourth-order valence-electron chi connectivity index (χ4n) is 5.03. The average Bonchev–Trinajstić information content (AvgIpc) is 2.20. The van der Waals surface area contributed by atoms with Crippen LogP contribution < -0.4 is 0 Å². The van der Waals surface area contributed by atoms with Gasteiger partial charge in [-0.25, -0.2) is 4.21 Å². The summed E-state index contributed by atoms with van der Waals surface area (Å²) >= 11 is 0.823. The Morgan fingerprint density at radius 3 is 1.76 bits per heavy atom. The van der Waals surface area contributed by atoms with Gasteiger partial charge in [0.1, 0.15) is 0 Å². The topological polar surface area (TPSA) is 17.1 Å². The van der Waals surface area contributed by atoms with Crippen LogP contribution in [0.25, 0.3) is 0 Å². The first-order valence-corrected chi connectivity index (χ1v) is 7.90. The first kappa shape index (κ1) is 12.0. The lowest BCUT2D eigenvalue weighted by molar-refractivity contribution is -0.00987. The summed E-state index contributed by atoms with van der Waals surface area (Å²) in [4.78, 5) is 1.26. The molecule has 4 aliphatic rings. The molecule has 0 saturated heterocycles. The summed E-state index contributed by atoms with van der Waals surface area (Å²) in [7, 11) is 0. The molecule has 2 heteroatoms.